The maximum Gasteiger partial charge on any atom is 0.253 e. The molecule has 1 aliphatic heterocycles. The molecule has 1 aliphatic carbocycles. The summed E-state index contributed by atoms with van der Waals surface area (Å²) in [5.74, 6) is 0.235. The summed E-state index contributed by atoms with van der Waals surface area (Å²) in [6.07, 6.45) is 4.06. The number of methoxy groups -OCH3 is 1. The number of hydrogen-bond acceptors (Lipinski definition) is 5. The van der Waals surface area contributed by atoms with Crippen LogP contribution in [0.1, 0.15) is 29.6 Å². The van der Waals surface area contributed by atoms with Crippen LogP contribution in [0, 0.1) is 5.92 Å². The summed E-state index contributed by atoms with van der Waals surface area (Å²) in [6.45, 7) is 2.94. The molecule has 1 N–H and O–H groups in total. The van der Waals surface area contributed by atoms with E-state index in [1.807, 2.05) is 29.2 Å². The number of piperazine rings is 1. The number of nitrogens with zero attached hydrogens (tertiary/aromatic N) is 3. The topological polar surface area (TPSA) is 74.8 Å². The monoisotopic (exact) mass is 442 g/mol. The Labute approximate surface area is 187 Å². The van der Waals surface area contributed by atoms with E-state index in [0.717, 1.165) is 43.1 Å². The Morgan fingerprint density at radius 2 is 1.81 bits per heavy atom. The summed E-state index contributed by atoms with van der Waals surface area (Å²) < 4.78 is 5.04. The number of ether oxygens (including phenoxy) is 1. The first kappa shape index (κ1) is 21.4. The third-order valence-electron chi connectivity index (χ3n) is 6.14. The van der Waals surface area contributed by atoms with E-state index in [0.29, 0.717) is 24.5 Å². The minimum atomic E-state index is -0.201. The van der Waals surface area contributed by atoms with Gasteiger partial charge < -0.3 is 19.9 Å². The van der Waals surface area contributed by atoms with Crippen LogP contribution in [0.4, 0.5) is 5.69 Å². The van der Waals surface area contributed by atoms with Gasteiger partial charge in [-0.15, -0.1) is 0 Å². The van der Waals surface area contributed by atoms with Gasteiger partial charge >= 0.3 is 0 Å². The first-order valence-electron chi connectivity index (χ1n) is 10.7. The van der Waals surface area contributed by atoms with E-state index in [9.17, 15) is 9.59 Å². The molecule has 1 aromatic carbocycles. The lowest BCUT2D eigenvalue weighted by Gasteiger charge is -2.38. The van der Waals surface area contributed by atoms with Crippen LogP contribution in [0.5, 0.6) is 5.88 Å². The van der Waals surface area contributed by atoms with Crippen LogP contribution in [0.25, 0.3) is 0 Å². The van der Waals surface area contributed by atoms with Gasteiger partial charge in [0.25, 0.3) is 5.91 Å². The predicted molar refractivity (Wildman–Crippen MR) is 120 cm³/mol. The number of hydrogen-bond donors (Lipinski definition) is 1. The second kappa shape index (κ2) is 9.56. The fourth-order valence-electron chi connectivity index (χ4n) is 4.39. The largest absolute Gasteiger partial charge is 0.481 e. The van der Waals surface area contributed by atoms with Crippen LogP contribution in [-0.2, 0) is 4.79 Å². The number of amides is 2. The van der Waals surface area contributed by atoms with Gasteiger partial charge in [0, 0.05) is 55.2 Å². The Morgan fingerprint density at radius 3 is 2.45 bits per heavy atom. The average molecular weight is 443 g/mol. The molecule has 0 spiro atoms. The number of halogens is 1. The second-order valence-electron chi connectivity index (χ2n) is 8.00. The van der Waals surface area contributed by atoms with Crippen molar-refractivity contribution in [2.45, 2.75) is 25.3 Å². The van der Waals surface area contributed by atoms with E-state index in [1.165, 1.54) is 13.3 Å². The lowest BCUT2D eigenvalue weighted by atomic mass is 10.0. The molecule has 1 saturated heterocycles. The van der Waals surface area contributed by atoms with E-state index >= 15 is 0 Å². The first-order valence-corrected chi connectivity index (χ1v) is 11.0. The van der Waals surface area contributed by atoms with Crippen molar-refractivity contribution in [2.75, 3.05) is 38.2 Å². The van der Waals surface area contributed by atoms with Gasteiger partial charge in [-0.25, -0.2) is 4.98 Å². The maximum atomic E-state index is 13.2. The Kier molecular flexibility index (Phi) is 6.61. The number of aromatic nitrogens is 1. The van der Waals surface area contributed by atoms with Crippen LogP contribution >= 0.6 is 11.6 Å². The van der Waals surface area contributed by atoms with E-state index in [4.69, 9.17) is 16.3 Å². The number of carbonyl (C=O) groups is 2. The van der Waals surface area contributed by atoms with Crippen LogP contribution < -0.4 is 15.0 Å². The van der Waals surface area contributed by atoms with Crippen LogP contribution in [0.15, 0.2) is 42.6 Å². The van der Waals surface area contributed by atoms with E-state index in [1.54, 1.807) is 12.1 Å². The van der Waals surface area contributed by atoms with Crippen molar-refractivity contribution < 1.29 is 14.3 Å². The fourth-order valence-corrected chi connectivity index (χ4v) is 4.51. The maximum absolute atomic E-state index is 13.2. The molecule has 2 amide bonds. The molecule has 2 fully saturated rings. The number of benzene rings is 1. The van der Waals surface area contributed by atoms with Gasteiger partial charge in [0.2, 0.25) is 11.8 Å². The molecule has 164 valence electrons. The minimum Gasteiger partial charge on any atom is -0.481 e. The van der Waals surface area contributed by atoms with Crippen molar-refractivity contribution in [3.63, 3.8) is 0 Å². The molecule has 2 aromatic rings. The second-order valence-corrected chi connectivity index (χ2v) is 8.43. The number of carbonyl (C=O) groups excluding carboxylic acids is 2. The van der Waals surface area contributed by atoms with Gasteiger partial charge in [-0.2, -0.15) is 0 Å². The van der Waals surface area contributed by atoms with Crippen molar-refractivity contribution >= 4 is 29.1 Å². The van der Waals surface area contributed by atoms with Gasteiger partial charge in [0.1, 0.15) is 0 Å². The highest BCUT2D eigenvalue weighted by atomic mass is 35.5. The van der Waals surface area contributed by atoms with Crippen molar-refractivity contribution in [2.24, 2.45) is 5.92 Å². The van der Waals surface area contributed by atoms with E-state index in [2.05, 4.69) is 15.2 Å². The molecular weight excluding hydrogens is 416 g/mol. The van der Waals surface area contributed by atoms with Gasteiger partial charge in [0.15, 0.2) is 0 Å². The normalized spacial score (nSPS) is 21.1. The summed E-state index contributed by atoms with van der Waals surface area (Å²) >= 11 is 5.98. The summed E-state index contributed by atoms with van der Waals surface area (Å²) in [5.41, 5.74) is 1.59. The zero-order valence-electron chi connectivity index (χ0n) is 17.6. The Hall–Kier alpha value is -2.80. The van der Waals surface area contributed by atoms with E-state index in [-0.39, 0.29) is 23.8 Å². The zero-order valence-corrected chi connectivity index (χ0v) is 18.3. The average Bonchev–Trinajstić information content (AvgIpc) is 3.27. The molecule has 2 unspecified atom stereocenters. The highest BCUT2D eigenvalue weighted by Crippen LogP contribution is 2.29. The van der Waals surface area contributed by atoms with Crippen molar-refractivity contribution in [3.8, 4) is 5.88 Å². The predicted octanol–water partition coefficient (Wildman–Crippen LogP) is 2.99. The summed E-state index contributed by atoms with van der Waals surface area (Å²) in [4.78, 5) is 34.1. The molecule has 2 aliphatic rings. The van der Waals surface area contributed by atoms with Gasteiger partial charge in [-0.3, -0.25) is 9.59 Å². The van der Waals surface area contributed by atoms with Crippen molar-refractivity contribution in [3.05, 3.63) is 53.2 Å². The number of rotatable bonds is 5. The van der Waals surface area contributed by atoms with Crippen molar-refractivity contribution in [1.82, 2.24) is 15.2 Å². The van der Waals surface area contributed by atoms with Crippen LogP contribution in [-0.4, -0.2) is 61.0 Å². The molecule has 1 aromatic heterocycles. The minimum absolute atomic E-state index is 0.142. The number of nitrogens with one attached hydrogen (secondary N) is 1. The molecular formula is C23H27ClN4O3. The molecule has 0 bridgehead atoms. The standard InChI is InChI=1S/C23H27ClN4O3/c1-31-21-10-5-16(15-25-21)22(29)26-20-4-2-3-19(20)23(30)28-13-11-27(12-14-28)18-8-6-17(24)7-9-18/h5-10,15,19-20H,2-4,11-14H2,1H3,(H,26,29). The molecule has 7 nitrogen and oxygen atoms in total. The molecule has 0 radical (unpaired) electrons. The van der Waals surface area contributed by atoms with E-state index < -0.39 is 0 Å². The highest BCUT2D eigenvalue weighted by Gasteiger charge is 2.37. The van der Waals surface area contributed by atoms with Crippen LogP contribution in [0.2, 0.25) is 5.02 Å². The quantitative estimate of drug-likeness (QED) is 0.770. The van der Waals surface area contributed by atoms with Crippen molar-refractivity contribution in [1.29, 1.82) is 0 Å². The molecule has 4 rings (SSSR count). The summed E-state index contributed by atoms with van der Waals surface area (Å²) in [6, 6.07) is 11.0. The number of anilines is 1. The fraction of sp³-hybridized carbons (Fsp3) is 0.435. The molecule has 2 atom stereocenters. The zero-order chi connectivity index (χ0) is 21.8. The lowest BCUT2D eigenvalue weighted by molar-refractivity contribution is -0.136. The lowest BCUT2D eigenvalue weighted by Crippen LogP contribution is -2.52. The summed E-state index contributed by atoms with van der Waals surface area (Å²) in [7, 11) is 1.53. The number of pyridine rings is 1. The molecule has 8 heteroatoms. The highest BCUT2D eigenvalue weighted by molar-refractivity contribution is 6.30. The Morgan fingerprint density at radius 1 is 1.06 bits per heavy atom. The Bertz CT molecular complexity index is 911. The molecule has 2 heterocycles. The van der Waals surface area contributed by atoms with Gasteiger partial charge in [-0.05, 0) is 43.2 Å². The SMILES string of the molecule is COc1ccc(C(=O)NC2CCCC2C(=O)N2CCN(c3ccc(Cl)cc3)CC2)cn1. The molecule has 31 heavy (non-hydrogen) atoms. The van der Waals surface area contributed by atoms with Gasteiger partial charge in [-0.1, -0.05) is 18.0 Å². The first-order chi connectivity index (χ1) is 15.0. The molecule has 1 saturated carbocycles. The third kappa shape index (κ3) is 4.93. The Balaban J connectivity index is 1.33. The van der Waals surface area contributed by atoms with Gasteiger partial charge in [0.05, 0.1) is 18.6 Å². The summed E-state index contributed by atoms with van der Waals surface area (Å²) in [5, 5.41) is 3.77. The van der Waals surface area contributed by atoms with Crippen LogP contribution in [0.3, 0.4) is 0 Å². The third-order valence-corrected chi connectivity index (χ3v) is 6.39. The smallest absolute Gasteiger partial charge is 0.253 e.